The third kappa shape index (κ3) is 4.20. The van der Waals surface area contributed by atoms with E-state index in [1.54, 1.807) is 0 Å². The number of likely N-dealkylation sites (tertiary alicyclic amines) is 1. The van der Waals surface area contributed by atoms with Gasteiger partial charge in [0.25, 0.3) is 0 Å². The molecule has 3 nitrogen and oxygen atoms in total. The molecule has 1 heterocycles. The Bertz CT molecular complexity index is 196. The monoisotopic (exact) mass is 212 g/mol. The van der Waals surface area contributed by atoms with Crippen molar-refractivity contribution in [2.45, 2.75) is 39.5 Å². The molecular formula is C12H24N2O. The van der Waals surface area contributed by atoms with E-state index < -0.39 is 0 Å². The lowest BCUT2D eigenvalue weighted by atomic mass is 9.96. The van der Waals surface area contributed by atoms with Gasteiger partial charge in [0.2, 0.25) is 5.91 Å². The van der Waals surface area contributed by atoms with Crippen LogP contribution < -0.4 is 5.73 Å². The molecule has 1 aliphatic heterocycles. The first-order valence-corrected chi connectivity index (χ1v) is 6.11. The summed E-state index contributed by atoms with van der Waals surface area (Å²) >= 11 is 0. The molecule has 2 N–H and O–H groups in total. The van der Waals surface area contributed by atoms with Gasteiger partial charge in [-0.05, 0) is 37.6 Å². The number of hydrogen-bond donors (Lipinski definition) is 1. The van der Waals surface area contributed by atoms with Crippen molar-refractivity contribution < 1.29 is 4.79 Å². The summed E-state index contributed by atoms with van der Waals surface area (Å²) in [6, 6.07) is 0. The molecule has 0 saturated carbocycles. The first-order valence-electron chi connectivity index (χ1n) is 6.11. The Hall–Kier alpha value is -0.570. The third-order valence-corrected chi connectivity index (χ3v) is 3.24. The summed E-state index contributed by atoms with van der Waals surface area (Å²) in [5.74, 6) is 1.59. The highest BCUT2D eigenvalue weighted by Gasteiger charge is 2.21. The summed E-state index contributed by atoms with van der Waals surface area (Å²) in [5, 5.41) is 0. The highest BCUT2D eigenvalue weighted by molar-refractivity contribution is 5.76. The summed E-state index contributed by atoms with van der Waals surface area (Å²) in [6.45, 7) is 6.92. The molecule has 0 aromatic rings. The lowest BCUT2D eigenvalue weighted by molar-refractivity contribution is -0.132. The van der Waals surface area contributed by atoms with E-state index in [1.807, 2.05) is 4.90 Å². The van der Waals surface area contributed by atoms with Crippen molar-refractivity contribution in [1.29, 1.82) is 0 Å². The Balaban J connectivity index is 2.24. The molecule has 3 heteroatoms. The first kappa shape index (κ1) is 12.5. The van der Waals surface area contributed by atoms with E-state index in [-0.39, 0.29) is 0 Å². The van der Waals surface area contributed by atoms with E-state index in [1.165, 1.54) is 0 Å². The van der Waals surface area contributed by atoms with Gasteiger partial charge >= 0.3 is 0 Å². The van der Waals surface area contributed by atoms with Crippen molar-refractivity contribution in [1.82, 2.24) is 4.90 Å². The quantitative estimate of drug-likeness (QED) is 0.769. The molecule has 1 rings (SSSR count). The number of carbonyl (C=O) groups excluding carboxylic acids is 1. The first-order chi connectivity index (χ1) is 7.13. The molecule has 1 aliphatic rings. The number of nitrogens with two attached hydrogens (primary N) is 1. The summed E-state index contributed by atoms with van der Waals surface area (Å²) in [4.78, 5) is 13.8. The van der Waals surface area contributed by atoms with Crippen molar-refractivity contribution in [3.8, 4) is 0 Å². The Morgan fingerprint density at radius 2 is 2.00 bits per heavy atom. The summed E-state index contributed by atoms with van der Waals surface area (Å²) in [6.07, 6.45) is 3.90. The summed E-state index contributed by atoms with van der Waals surface area (Å²) in [7, 11) is 0. The molecule has 0 aromatic heterocycles. The molecule has 0 bridgehead atoms. The van der Waals surface area contributed by atoms with Crippen LogP contribution in [0.4, 0.5) is 0 Å². The van der Waals surface area contributed by atoms with Gasteiger partial charge in [0.1, 0.15) is 0 Å². The van der Waals surface area contributed by atoms with Crippen LogP contribution in [0.2, 0.25) is 0 Å². The van der Waals surface area contributed by atoms with Crippen molar-refractivity contribution >= 4 is 5.91 Å². The van der Waals surface area contributed by atoms with Crippen LogP contribution in [0.3, 0.4) is 0 Å². The molecule has 0 radical (unpaired) electrons. The van der Waals surface area contributed by atoms with E-state index in [0.717, 1.165) is 38.9 Å². The fourth-order valence-corrected chi connectivity index (χ4v) is 1.99. The zero-order chi connectivity index (χ0) is 11.3. The maximum absolute atomic E-state index is 11.8. The Labute approximate surface area is 93.0 Å². The lowest BCUT2D eigenvalue weighted by Crippen LogP contribution is -2.40. The van der Waals surface area contributed by atoms with E-state index >= 15 is 0 Å². The predicted molar refractivity (Wildman–Crippen MR) is 62.4 cm³/mol. The highest BCUT2D eigenvalue weighted by atomic mass is 16.2. The molecule has 15 heavy (non-hydrogen) atoms. The van der Waals surface area contributed by atoms with Gasteiger partial charge < -0.3 is 10.6 Å². The molecule has 1 amide bonds. The van der Waals surface area contributed by atoms with Crippen molar-refractivity contribution in [2.24, 2.45) is 17.6 Å². The van der Waals surface area contributed by atoms with E-state index in [2.05, 4.69) is 13.8 Å². The number of amides is 1. The summed E-state index contributed by atoms with van der Waals surface area (Å²) in [5.41, 5.74) is 5.62. The topological polar surface area (TPSA) is 46.3 Å². The van der Waals surface area contributed by atoms with Crippen LogP contribution in [0.25, 0.3) is 0 Å². The van der Waals surface area contributed by atoms with Crippen LogP contribution >= 0.6 is 0 Å². The largest absolute Gasteiger partial charge is 0.343 e. The molecule has 0 aromatic carbocycles. The maximum atomic E-state index is 11.8. The SMILES string of the molecule is CC(C)CCC(=O)N1CCC(CN)CC1. The molecule has 1 saturated heterocycles. The van der Waals surface area contributed by atoms with Gasteiger partial charge in [0.05, 0.1) is 0 Å². The van der Waals surface area contributed by atoms with E-state index in [9.17, 15) is 4.79 Å². The minimum Gasteiger partial charge on any atom is -0.343 e. The predicted octanol–water partition coefficient (Wildman–Crippen LogP) is 1.62. The van der Waals surface area contributed by atoms with E-state index in [0.29, 0.717) is 24.2 Å². The zero-order valence-electron chi connectivity index (χ0n) is 10.0. The number of carbonyl (C=O) groups is 1. The fraction of sp³-hybridized carbons (Fsp3) is 0.917. The molecule has 0 unspecified atom stereocenters. The molecule has 88 valence electrons. The normalized spacial score (nSPS) is 18.5. The van der Waals surface area contributed by atoms with Gasteiger partial charge in [-0.1, -0.05) is 13.8 Å². The van der Waals surface area contributed by atoms with Gasteiger partial charge in [-0.15, -0.1) is 0 Å². The van der Waals surface area contributed by atoms with Crippen LogP contribution in [0, 0.1) is 11.8 Å². The third-order valence-electron chi connectivity index (χ3n) is 3.24. The van der Waals surface area contributed by atoms with Gasteiger partial charge in [-0.2, -0.15) is 0 Å². The standard InChI is InChI=1S/C12H24N2O/c1-10(2)3-4-12(15)14-7-5-11(9-13)6-8-14/h10-11H,3-9,13H2,1-2H3. The van der Waals surface area contributed by atoms with Crippen LogP contribution in [-0.4, -0.2) is 30.4 Å². The molecule has 0 spiro atoms. The second-order valence-corrected chi connectivity index (χ2v) is 4.99. The lowest BCUT2D eigenvalue weighted by Gasteiger charge is -2.31. The molecule has 0 atom stereocenters. The average molecular weight is 212 g/mol. The Morgan fingerprint density at radius 3 is 2.47 bits per heavy atom. The second-order valence-electron chi connectivity index (χ2n) is 4.99. The van der Waals surface area contributed by atoms with Gasteiger partial charge in [0, 0.05) is 19.5 Å². The molecule has 0 aliphatic carbocycles. The van der Waals surface area contributed by atoms with Crippen LogP contribution in [0.15, 0.2) is 0 Å². The number of nitrogens with zero attached hydrogens (tertiary/aromatic N) is 1. The van der Waals surface area contributed by atoms with Gasteiger partial charge in [-0.25, -0.2) is 0 Å². The Kier molecular flexibility index (Phi) is 5.09. The van der Waals surface area contributed by atoms with E-state index in [4.69, 9.17) is 5.73 Å². The van der Waals surface area contributed by atoms with Gasteiger partial charge in [-0.3, -0.25) is 4.79 Å². The number of rotatable bonds is 4. The van der Waals surface area contributed by atoms with Crippen LogP contribution in [0.5, 0.6) is 0 Å². The van der Waals surface area contributed by atoms with Crippen molar-refractivity contribution in [2.75, 3.05) is 19.6 Å². The Morgan fingerprint density at radius 1 is 1.40 bits per heavy atom. The molecular weight excluding hydrogens is 188 g/mol. The average Bonchev–Trinajstić information content (AvgIpc) is 2.26. The van der Waals surface area contributed by atoms with Crippen LogP contribution in [0.1, 0.15) is 39.5 Å². The number of piperidine rings is 1. The van der Waals surface area contributed by atoms with Crippen molar-refractivity contribution in [3.05, 3.63) is 0 Å². The van der Waals surface area contributed by atoms with Crippen LogP contribution in [-0.2, 0) is 4.79 Å². The molecule has 1 fully saturated rings. The minimum absolute atomic E-state index is 0.333. The number of hydrogen-bond acceptors (Lipinski definition) is 2. The fourth-order valence-electron chi connectivity index (χ4n) is 1.99. The smallest absolute Gasteiger partial charge is 0.222 e. The van der Waals surface area contributed by atoms with Crippen molar-refractivity contribution in [3.63, 3.8) is 0 Å². The maximum Gasteiger partial charge on any atom is 0.222 e. The highest BCUT2D eigenvalue weighted by Crippen LogP contribution is 2.17. The second kappa shape index (κ2) is 6.11. The summed E-state index contributed by atoms with van der Waals surface area (Å²) < 4.78 is 0. The minimum atomic E-state index is 0.333. The zero-order valence-corrected chi connectivity index (χ0v) is 10.0. The van der Waals surface area contributed by atoms with Gasteiger partial charge in [0.15, 0.2) is 0 Å².